The molecule has 1 saturated heterocycles. The molecule has 2 N–H and O–H groups in total. The molecule has 21 heavy (non-hydrogen) atoms. The van der Waals surface area contributed by atoms with E-state index in [2.05, 4.69) is 11.8 Å². The number of benzene rings is 1. The maximum Gasteiger partial charge on any atom is 0.227 e. The number of hydrogen-bond donors (Lipinski definition) is 1. The van der Waals surface area contributed by atoms with Crippen molar-refractivity contribution in [3.63, 3.8) is 0 Å². The Bertz CT molecular complexity index is 453. The fourth-order valence-corrected chi connectivity index (χ4v) is 2.59. The summed E-state index contributed by atoms with van der Waals surface area (Å²) in [5.74, 6) is 1.01. The van der Waals surface area contributed by atoms with Gasteiger partial charge < -0.3 is 15.4 Å². The van der Waals surface area contributed by atoms with Crippen LogP contribution in [0.15, 0.2) is 24.3 Å². The smallest absolute Gasteiger partial charge is 0.227 e. The van der Waals surface area contributed by atoms with E-state index in [1.807, 2.05) is 29.2 Å². The molecule has 1 unspecified atom stereocenters. The average Bonchev–Trinajstić information content (AvgIpc) is 2.55. The topological polar surface area (TPSA) is 58.8 Å². The number of methoxy groups -OCH3 is 1. The average molecular weight is 291 g/mol. The Morgan fingerprint density at radius 2 is 1.86 bits per heavy atom. The predicted octanol–water partition coefficient (Wildman–Crippen LogP) is 0.729. The lowest BCUT2D eigenvalue weighted by Crippen LogP contribution is -2.53. The standard InChI is InChI=1S/C16H25N3O2/c1-13(12-17)18-7-9-19(10-8-18)16(20)11-14-3-5-15(21-2)6-4-14/h3-6,13H,7-12,17H2,1-2H3. The molecule has 116 valence electrons. The molecular weight excluding hydrogens is 266 g/mol. The second-order valence-electron chi connectivity index (χ2n) is 5.53. The highest BCUT2D eigenvalue weighted by molar-refractivity contribution is 5.78. The van der Waals surface area contributed by atoms with Crippen molar-refractivity contribution in [3.8, 4) is 5.75 Å². The van der Waals surface area contributed by atoms with Gasteiger partial charge in [0.25, 0.3) is 0 Å². The van der Waals surface area contributed by atoms with Crippen LogP contribution in [0.3, 0.4) is 0 Å². The van der Waals surface area contributed by atoms with E-state index in [4.69, 9.17) is 10.5 Å². The van der Waals surface area contributed by atoms with Crippen LogP contribution in [-0.4, -0.2) is 61.6 Å². The number of nitrogens with zero attached hydrogens (tertiary/aromatic N) is 2. The molecule has 1 amide bonds. The summed E-state index contributed by atoms with van der Waals surface area (Å²) in [7, 11) is 1.64. The highest BCUT2D eigenvalue weighted by atomic mass is 16.5. The van der Waals surface area contributed by atoms with E-state index in [1.54, 1.807) is 7.11 Å². The van der Waals surface area contributed by atoms with Crippen LogP contribution < -0.4 is 10.5 Å². The van der Waals surface area contributed by atoms with E-state index < -0.39 is 0 Å². The zero-order valence-corrected chi connectivity index (χ0v) is 12.9. The minimum Gasteiger partial charge on any atom is -0.497 e. The van der Waals surface area contributed by atoms with Crippen molar-refractivity contribution >= 4 is 5.91 Å². The quantitative estimate of drug-likeness (QED) is 0.869. The van der Waals surface area contributed by atoms with E-state index in [0.29, 0.717) is 19.0 Å². The summed E-state index contributed by atoms with van der Waals surface area (Å²) in [6.45, 7) is 6.20. The fraction of sp³-hybridized carbons (Fsp3) is 0.562. The Hall–Kier alpha value is -1.59. The van der Waals surface area contributed by atoms with Gasteiger partial charge in [-0.2, -0.15) is 0 Å². The second kappa shape index (κ2) is 7.43. The molecule has 1 aliphatic heterocycles. The lowest BCUT2D eigenvalue weighted by molar-refractivity contribution is -0.132. The Morgan fingerprint density at radius 1 is 1.24 bits per heavy atom. The number of piperazine rings is 1. The molecule has 1 aromatic carbocycles. The zero-order valence-electron chi connectivity index (χ0n) is 12.9. The summed E-state index contributed by atoms with van der Waals surface area (Å²) in [6, 6.07) is 8.07. The maximum absolute atomic E-state index is 12.3. The lowest BCUT2D eigenvalue weighted by atomic mass is 10.1. The van der Waals surface area contributed by atoms with Crippen molar-refractivity contribution < 1.29 is 9.53 Å². The van der Waals surface area contributed by atoms with Crippen molar-refractivity contribution in [1.29, 1.82) is 0 Å². The number of nitrogens with two attached hydrogens (primary N) is 1. The highest BCUT2D eigenvalue weighted by Gasteiger charge is 2.23. The van der Waals surface area contributed by atoms with Gasteiger partial charge in [-0.1, -0.05) is 12.1 Å². The van der Waals surface area contributed by atoms with Gasteiger partial charge in [0.15, 0.2) is 0 Å². The molecule has 0 aliphatic carbocycles. The predicted molar refractivity (Wildman–Crippen MR) is 83.4 cm³/mol. The van der Waals surface area contributed by atoms with Gasteiger partial charge in [-0.15, -0.1) is 0 Å². The van der Waals surface area contributed by atoms with Crippen LogP contribution in [0.1, 0.15) is 12.5 Å². The molecule has 5 heteroatoms. The van der Waals surface area contributed by atoms with Crippen LogP contribution in [0.25, 0.3) is 0 Å². The molecule has 1 aliphatic rings. The van der Waals surface area contributed by atoms with E-state index in [0.717, 1.165) is 37.5 Å². The SMILES string of the molecule is COc1ccc(CC(=O)N2CCN(C(C)CN)CC2)cc1. The number of carbonyl (C=O) groups excluding carboxylic acids is 1. The molecule has 1 atom stereocenters. The monoisotopic (exact) mass is 291 g/mol. The summed E-state index contributed by atoms with van der Waals surface area (Å²) in [5, 5.41) is 0. The van der Waals surface area contributed by atoms with Crippen molar-refractivity contribution in [2.45, 2.75) is 19.4 Å². The Balaban J connectivity index is 1.84. The molecule has 1 fully saturated rings. The number of carbonyl (C=O) groups is 1. The van der Waals surface area contributed by atoms with Crippen molar-refractivity contribution in [2.75, 3.05) is 39.8 Å². The van der Waals surface area contributed by atoms with Crippen LogP contribution in [-0.2, 0) is 11.2 Å². The van der Waals surface area contributed by atoms with Gasteiger partial charge in [-0.25, -0.2) is 0 Å². The minimum absolute atomic E-state index is 0.195. The molecule has 0 saturated carbocycles. The van der Waals surface area contributed by atoms with Gasteiger partial charge in [0.1, 0.15) is 5.75 Å². The van der Waals surface area contributed by atoms with Gasteiger partial charge in [-0.05, 0) is 24.6 Å². The summed E-state index contributed by atoms with van der Waals surface area (Å²) in [6.07, 6.45) is 0.455. The summed E-state index contributed by atoms with van der Waals surface area (Å²) in [5.41, 5.74) is 6.72. The lowest BCUT2D eigenvalue weighted by Gasteiger charge is -2.37. The van der Waals surface area contributed by atoms with Crippen LogP contribution in [0.5, 0.6) is 5.75 Å². The third-order valence-electron chi connectivity index (χ3n) is 4.15. The van der Waals surface area contributed by atoms with Crippen molar-refractivity contribution in [3.05, 3.63) is 29.8 Å². The second-order valence-corrected chi connectivity index (χ2v) is 5.53. The first-order valence-electron chi connectivity index (χ1n) is 7.49. The first kappa shape index (κ1) is 15.8. The minimum atomic E-state index is 0.195. The van der Waals surface area contributed by atoms with E-state index in [1.165, 1.54) is 0 Å². The van der Waals surface area contributed by atoms with Gasteiger partial charge in [0.05, 0.1) is 13.5 Å². The van der Waals surface area contributed by atoms with E-state index in [-0.39, 0.29) is 5.91 Å². The van der Waals surface area contributed by atoms with Crippen LogP contribution in [0, 0.1) is 0 Å². The fourth-order valence-electron chi connectivity index (χ4n) is 2.59. The summed E-state index contributed by atoms with van der Waals surface area (Å²) in [4.78, 5) is 16.6. The van der Waals surface area contributed by atoms with E-state index >= 15 is 0 Å². The number of ether oxygens (including phenoxy) is 1. The zero-order chi connectivity index (χ0) is 15.2. The number of hydrogen-bond acceptors (Lipinski definition) is 4. The largest absolute Gasteiger partial charge is 0.497 e. The molecule has 0 bridgehead atoms. The first-order valence-corrected chi connectivity index (χ1v) is 7.49. The van der Waals surface area contributed by atoms with Gasteiger partial charge in [-0.3, -0.25) is 9.69 Å². The van der Waals surface area contributed by atoms with Crippen LogP contribution >= 0.6 is 0 Å². The van der Waals surface area contributed by atoms with E-state index in [9.17, 15) is 4.79 Å². The van der Waals surface area contributed by atoms with Gasteiger partial charge in [0.2, 0.25) is 5.91 Å². The maximum atomic E-state index is 12.3. The molecule has 1 aromatic rings. The number of rotatable bonds is 5. The van der Waals surface area contributed by atoms with Crippen molar-refractivity contribution in [1.82, 2.24) is 9.80 Å². The third kappa shape index (κ3) is 4.19. The molecular formula is C16H25N3O2. The first-order chi connectivity index (χ1) is 10.1. The van der Waals surface area contributed by atoms with Crippen LogP contribution in [0.4, 0.5) is 0 Å². The number of amides is 1. The summed E-state index contributed by atoms with van der Waals surface area (Å²) < 4.78 is 5.12. The Labute approximate surface area is 126 Å². The molecule has 0 radical (unpaired) electrons. The van der Waals surface area contributed by atoms with Crippen LogP contribution in [0.2, 0.25) is 0 Å². The van der Waals surface area contributed by atoms with Gasteiger partial charge >= 0.3 is 0 Å². The third-order valence-corrected chi connectivity index (χ3v) is 4.15. The highest BCUT2D eigenvalue weighted by Crippen LogP contribution is 2.13. The normalized spacial score (nSPS) is 17.6. The molecule has 0 aromatic heterocycles. The Morgan fingerprint density at radius 3 is 2.38 bits per heavy atom. The molecule has 1 heterocycles. The molecule has 5 nitrogen and oxygen atoms in total. The van der Waals surface area contributed by atoms with Crippen molar-refractivity contribution in [2.24, 2.45) is 5.73 Å². The summed E-state index contributed by atoms with van der Waals surface area (Å²) >= 11 is 0. The molecule has 2 rings (SSSR count). The Kier molecular flexibility index (Phi) is 5.59. The molecule has 0 spiro atoms. The van der Waals surface area contributed by atoms with Gasteiger partial charge in [0, 0.05) is 38.8 Å².